The minimum Gasteiger partial charge on any atom is -0.399 e. The minimum absolute atomic E-state index is 0.117. The number of amides is 1. The van der Waals surface area contributed by atoms with E-state index >= 15 is 0 Å². The summed E-state index contributed by atoms with van der Waals surface area (Å²) < 4.78 is 1.21. The molecule has 0 aromatic heterocycles. The molecule has 21 heavy (non-hydrogen) atoms. The summed E-state index contributed by atoms with van der Waals surface area (Å²) in [6.07, 6.45) is 0. The predicted molar refractivity (Wildman–Crippen MR) is 87.3 cm³/mol. The summed E-state index contributed by atoms with van der Waals surface area (Å²) in [5.74, 6) is -0.478. The van der Waals surface area contributed by atoms with E-state index in [-0.39, 0.29) is 11.4 Å². The smallest absolute Gasteiger partial charge is 0.293 e. The lowest BCUT2D eigenvalue weighted by atomic mass is 10.2. The highest BCUT2D eigenvalue weighted by atomic mass is 79.9. The quantitative estimate of drug-likeness (QED) is 0.451. The average Bonchev–Trinajstić information content (AvgIpc) is 2.39. The fraction of sp³-hybridized carbons (Fsp3) is 0. The first kappa shape index (κ1) is 15.5. The fourth-order valence-corrected chi connectivity index (χ4v) is 2.56. The largest absolute Gasteiger partial charge is 0.399 e. The highest BCUT2D eigenvalue weighted by Gasteiger charge is 2.17. The Labute approximate surface area is 136 Å². The van der Waals surface area contributed by atoms with E-state index in [1.165, 1.54) is 18.2 Å². The third kappa shape index (κ3) is 3.79. The van der Waals surface area contributed by atoms with Gasteiger partial charge in [0.15, 0.2) is 0 Å². The van der Waals surface area contributed by atoms with Crippen molar-refractivity contribution in [2.45, 2.75) is 0 Å². The lowest BCUT2D eigenvalue weighted by molar-refractivity contribution is -0.384. The Morgan fingerprint density at radius 1 is 1.14 bits per heavy atom. The molecular weight excluding hydrogens is 406 g/mol. The second kappa shape index (κ2) is 6.23. The maximum atomic E-state index is 12.2. The summed E-state index contributed by atoms with van der Waals surface area (Å²) in [4.78, 5) is 22.6. The van der Waals surface area contributed by atoms with Crippen LogP contribution in [-0.2, 0) is 0 Å². The maximum Gasteiger partial charge on any atom is 0.293 e. The number of nitrogens with one attached hydrogen (secondary N) is 1. The SMILES string of the molecule is Nc1cc(Br)cc(C(=O)Nc2ccc(Br)cc2[N+](=O)[O-])c1. The molecule has 2 aromatic carbocycles. The molecule has 0 saturated heterocycles. The van der Waals surface area contributed by atoms with Crippen LogP contribution >= 0.6 is 31.9 Å². The van der Waals surface area contributed by atoms with Crippen molar-refractivity contribution in [3.05, 3.63) is 61.0 Å². The van der Waals surface area contributed by atoms with Gasteiger partial charge in [0, 0.05) is 26.3 Å². The maximum absolute atomic E-state index is 12.2. The molecule has 3 N–H and O–H groups in total. The molecule has 0 aliphatic carbocycles. The van der Waals surface area contributed by atoms with Gasteiger partial charge in [-0.2, -0.15) is 0 Å². The zero-order valence-corrected chi connectivity index (χ0v) is 13.6. The van der Waals surface area contributed by atoms with Gasteiger partial charge in [-0.15, -0.1) is 0 Å². The number of rotatable bonds is 3. The lowest BCUT2D eigenvalue weighted by Crippen LogP contribution is -2.13. The van der Waals surface area contributed by atoms with Gasteiger partial charge in [0.2, 0.25) is 0 Å². The van der Waals surface area contributed by atoms with Crippen molar-refractivity contribution in [1.29, 1.82) is 0 Å². The summed E-state index contributed by atoms with van der Waals surface area (Å²) >= 11 is 6.39. The Kier molecular flexibility index (Phi) is 4.59. The van der Waals surface area contributed by atoms with Crippen molar-refractivity contribution in [3.63, 3.8) is 0 Å². The molecule has 0 unspecified atom stereocenters. The standard InChI is InChI=1S/C13H9Br2N3O3/c14-8-1-2-11(12(6-8)18(20)21)17-13(19)7-3-9(15)5-10(16)4-7/h1-6H,16H2,(H,17,19). The van der Waals surface area contributed by atoms with Crippen LogP contribution in [0.2, 0.25) is 0 Å². The van der Waals surface area contributed by atoms with Crippen LogP contribution in [-0.4, -0.2) is 10.8 Å². The van der Waals surface area contributed by atoms with Crippen LogP contribution in [0.3, 0.4) is 0 Å². The van der Waals surface area contributed by atoms with E-state index in [9.17, 15) is 14.9 Å². The summed E-state index contributed by atoms with van der Waals surface area (Å²) in [5, 5.41) is 13.5. The first-order chi connectivity index (χ1) is 9.86. The number of hydrogen-bond donors (Lipinski definition) is 2. The molecule has 8 heteroatoms. The van der Waals surface area contributed by atoms with Gasteiger partial charge in [-0.25, -0.2) is 0 Å². The zero-order valence-electron chi connectivity index (χ0n) is 10.5. The van der Waals surface area contributed by atoms with Gasteiger partial charge in [-0.1, -0.05) is 31.9 Å². The number of nitro groups is 1. The number of carbonyl (C=O) groups is 1. The molecule has 0 aliphatic heterocycles. The van der Waals surface area contributed by atoms with Gasteiger partial charge in [-0.05, 0) is 30.3 Å². The topological polar surface area (TPSA) is 98.3 Å². The van der Waals surface area contributed by atoms with E-state index in [1.807, 2.05) is 0 Å². The van der Waals surface area contributed by atoms with Crippen molar-refractivity contribution in [1.82, 2.24) is 0 Å². The molecule has 2 aromatic rings. The first-order valence-electron chi connectivity index (χ1n) is 5.68. The van der Waals surface area contributed by atoms with Crippen molar-refractivity contribution in [3.8, 4) is 0 Å². The van der Waals surface area contributed by atoms with Crippen LogP contribution in [0.1, 0.15) is 10.4 Å². The second-order valence-electron chi connectivity index (χ2n) is 4.15. The molecule has 0 saturated carbocycles. The Morgan fingerprint density at radius 2 is 1.86 bits per heavy atom. The third-order valence-electron chi connectivity index (χ3n) is 2.59. The Morgan fingerprint density at radius 3 is 2.48 bits per heavy atom. The Balaban J connectivity index is 2.33. The number of nitrogen functional groups attached to an aromatic ring is 1. The monoisotopic (exact) mass is 413 g/mol. The first-order valence-corrected chi connectivity index (χ1v) is 7.27. The number of nitrogens with two attached hydrogens (primary N) is 1. The molecule has 0 spiro atoms. The number of hydrogen-bond acceptors (Lipinski definition) is 4. The van der Waals surface area contributed by atoms with E-state index in [0.717, 1.165) is 0 Å². The van der Waals surface area contributed by atoms with Gasteiger partial charge >= 0.3 is 0 Å². The molecule has 108 valence electrons. The number of benzene rings is 2. The molecule has 6 nitrogen and oxygen atoms in total. The van der Waals surface area contributed by atoms with Gasteiger partial charge in [0.05, 0.1) is 4.92 Å². The summed E-state index contributed by atoms with van der Waals surface area (Å²) in [6.45, 7) is 0. The van der Waals surface area contributed by atoms with Gasteiger partial charge in [0.25, 0.3) is 11.6 Å². The van der Waals surface area contributed by atoms with E-state index in [4.69, 9.17) is 5.73 Å². The normalized spacial score (nSPS) is 10.2. The molecule has 0 atom stereocenters. The highest BCUT2D eigenvalue weighted by Crippen LogP contribution is 2.28. The molecule has 0 radical (unpaired) electrons. The van der Waals surface area contributed by atoms with Gasteiger partial charge in [0.1, 0.15) is 5.69 Å². The average molecular weight is 415 g/mol. The molecule has 2 rings (SSSR count). The molecule has 0 aliphatic rings. The lowest BCUT2D eigenvalue weighted by Gasteiger charge is -2.07. The molecule has 0 fully saturated rings. The highest BCUT2D eigenvalue weighted by molar-refractivity contribution is 9.10. The van der Waals surface area contributed by atoms with Crippen molar-refractivity contribution in [2.24, 2.45) is 0 Å². The Hall–Kier alpha value is -1.93. The Bertz CT molecular complexity index is 714. The van der Waals surface area contributed by atoms with Crippen molar-refractivity contribution >= 4 is 54.8 Å². The molecule has 1 amide bonds. The van der Waals surface area contributed by atoms with Crippen LogP contribution in [0.15, 0.2) is 45.3 Å². The number of nitro benzene ring substituents is 1. The van der Waals surface area contributed by atoms with E-state index in [1.54, 1.807) is 18.2 Å². The van der Waals surface area contributed by atoms with Gasteiger partial charge in [-0.3, -0.25) is 14.9 Å². The van der Waals surface area contributed by atoms with E-state index < -0.39 is 10.8 Å². The predicted octanol–water partition coefficient (Wildman–Crippen LogP) is 3.95. The van der Waals surface area contributed by atoms with Crippen molar-refractivity contribution in [2.75, 3.05) is 11.1 Å². The molecular formula is C13H9Br2N3O3. The molecule has 0 bridgehead atoms. The van der Waals surface area contributed by atoms with Crippen LogP contribution in [0.5, 0.6) is 0 Å². The van der Waals surface area contributed by atoms with Crippen LogP contribution in [0.25, 0.3) is 0 Å². The van der Waals surface area contributed by atoms with E-state index in [0.29, 0.717) is 20.2 Å². The summed E-state index contributed by atoms with van der Waals surface area (Å²) in [5.41, 5.74) is 6.31. The van der Waals surface area contributed by atoms with Gasteiger partial charge < -0.3 is 11.1 Å². The van der Waals surface area contributed by atoms with Crippen LogP contribution in [0, 0.1) is 10.1 Å². The summed E-state index contributed by atoms with van der Waals surface area (Å²) in [6, 6.07) is 9.12. The summed E-state index contributed by atoms with van der Waals surface area (Å²) in [7, 11) is 0. The van der Waals surface area contributed by atoms with Crippen molar-refractivity contribution < 1.29 is 9.72 Å². The van der Waals surface area contributed by atoms with E-state index in [2.05, 4.69) is 37.2 Å². The third-order valence-corrected chi connectivity index (χ3v) is 3.54. The number of anilines is 2. The number of carbonyl (C=O) groups excluding carboxylic acids is 1. The minimum atomic E-state index is -0.560. The van der Waals surface area contributed by atoms with Crippen LogP contribution in [0.4, 0.5) is 17.1 Å². The molecule has 0 heterocycles. The fourth-order valence-electron chi connectivity index (χ4n) is 1.70. The number of nitrogens with zero attached hydrogens (tertiary/aromatic N) is 1. The zero-order chi connectivity index (χ0) is 15.6. The second-order valence-corrected chi connectivity index (χ2v) is 5.98. The van der Waals surface area contributed by atoms with Crippen LogP contribution < -0.4 is 11.1 Å². The number of halogens is 2.